The van der Waals surface area contributed by atoms with Crippen LogP contribution in [0.5, 0.6) is 5.88 Å². The molecule has 2 rings (SSSR count). The van der Waals surface area contributed by atoms with Gasteiger partial charge in [-0.1, -0.05) is 13.8 Å². The second-order valence-electron chi connectivity index (χ2n) is 5.33. The summed E-state index contributed by atoms with van der Waals surface area (Å²) in [6.07, 6.45) is 5.84. The van der Waals surface area contributed by atoms with Crippen LogP contribution in [0.3, 0.4) is 0 Å². The van der Waals surface area contributed by atoms with Crippen LogP contribution in [0.2, 0.25) is 0 Å². The number of ether oxygens (including phenoxy) is 1. The highest BCUT2D eigenvalue weighted by atomic mass is 16.5. The summed E-state index contributed by atoms with van der Waals surface area (Å²) < 4.78 is 5.53. The molecule has 0 amide bonds. The Morgan fingerprint density at radius 2 is 2.22 bits per heavy atom. The lowest BCUT2D eigenvalue weighted by Gasteiger charge is -2.13. The van der Waals surface area contributed by atoms with Crippen LogP contribution in [-0.2, 0) is 0 Å². The number of nitrogens with two attached hydrogens (primary N) is 1. The smallest absolute Gasteiger partial charge is 0.234 e. The maximum absolute atomic E-state index is 6.02. The molecule has 5 nitrogen and oxygen atoms in total. The number of nitrogens with one attached hydrogen (secondary N) is 1. The van der Waals surface area contributed by atoms with E-state index in [-0.39, 0.29) is 6.04 Å². The molecule has 3 N–H and O–H groups in total. The Labute approximate surface area is 108 Å². The Morgan fingerprint density at radius 3 is 2.89 bits per heavy atom. The van der Waals surface area contributed by atoms with E-state index in [0.29, 0.717) is 24.3 Å². The maximum Gasteiger partial charge on any atom is 0.234 e. The van der Waals surface area contributed by atoms with E-state index in [4.69, 9.17) is 10.5 Å². The SMILES string of the molecule is CC(C)COc1cncc(NCC(N)C2CC2)n1. The Balaban J connectivity index is 1.82. The fraction of sp³-hybridized carbons (Fsp3) is 0.692. The van der Waals surface area contributed by atoms with E-state index < -0.39 is 0 Å². The molecule has 1 saturated carbocycles. The molecule has 1 aliphatic rings. The molecule has 0 spiro atoms. The molecule has 1 aliphatic carbocycles. The summed E-state index contributed by atoms with van der Waals surface area (Å²) >= 11 is 0. The highest BCUT2D eigenvalue weighted by molar-refractivity contribution is 5.33. The predicted octanol–water partition coefficient (Wildman–Crippen LogP) is 1.66. The summed E-state index contributed by atoms with van der Waals surface area (Å²) in [4.78, 5) is 8.46. The van der Waals surface area contributed by atoms with Crippen LogP contribution in [0.25, 0.3) is 0 Å². The van der Waals surface area contributed by atoms with Crippen molar-refractivity contribution in [2.45, 2.75) is 32.7 Å². The quantitative estimate of drug-likeness (QED) is 0.770. The topological polar surface area (TPSA) is 73.1 Å². The lowest BCUT2D eigenvalue weighted by atomic mass is 10.2. The maximum atomic E-state index is 6.02. The molecule has 1 aromatic heterocycles. The molecule has 0 bridgehead atoms. The van der Waals surface area contributed by atoms with Crippen LogP contribution in [0.4, 0.5) is 5.82 Å². The minimum atomic E-state index is 0.215. The van der Waals surface area contributed by atoms with Gasteiger partial charge in [0.15, 0.2) is 0 Å². The van der Waals surface area contributed by atoms with Crippen molar-refractivity contribution in [1.29, 1.82) is 0 Å². The Kier molecular flexibility index (Phi) is 4.36. The van der Waals surface area contributed by atoms with Gasteiger partial charge in [-0.2, -0.15) is 4.98 Å². The van der Waals surface area contributed by atoms with Crippen molar-refractivity contribution in [2.24, 2.45) is 17.6 Å². The fourth-order valence-electron chi connectivity index (χ4n) is 1.67. The van der Waals surface area contributed by atoms with Crippen LogP contribution < -0.4 is 15.8 Å². The van der Waals surface area contributed by atoms with Crippen molar-refractivity contribution in [1.82, 2.24) is 9.97 Å². The Hall–Kier alpha value is -1.36. The minimum absolute atomic E-state index is 0.215. The first-order chi connectivity index (χ1) is 8.65. The average Bonchev–Trinajstić information content (AvgIpc) is 3.18. The van der Waals surface area contributed by atoms with Crippen LogP contribution in [-0.4, -0.2) is 29.2 Å². The number of nitrogens with zero attached hydrogens (tertiary/aromatic N) is 2. The minimum Gasteiger partial charge on any atom is -0.476 e. The summed E-state index contributed by atoms with van der Waals surface area (Å²) in [5.41, 5.74) is 6.02. The zero-order chi connectivity index (χ0) is 13.0. The first-order valence-corrected chi connectivity index (χ1v) is 6.59. The molecule has 1 heterocycles. The Bertz CT molecular complexity index is 379. The number of anilines is 1. The van der Waals surface area contributed by atoms with Gasteiger partial charge >= 0.3 is 0 Å². The number of hydrogen-bond donors (Lipinski definition) is 2. The largest absolute Gasteiger partial charge is 0.476 e. The molecule has 0 saturated heterocycles. The fourth-order valence-corrected chi connectivity index (χ4v) is 1.67. The third kappa shape index (κ3) is 4.14. The van der Waals surface area contributed by atoms with Gasteiger partial charge in [-0.25, -0.2) is 0 Å². The molecule has 0 aromatic carbocycles. The molecule has 0 radical (unpaired) electrons. The summed E-state index contributed by atoms with van der Waals surface area (Å²) in [6, 6.07) is 0.215. The average molecular weight is 250 g/mol. The van der Waals surface area contributed by atoms with Gasteiger partial charge in [0.1, 0.15) is 5.82 Å². The van der Waals surface area contributed by atoms with E-state index in [2.05, 4.69) is 29.1 Å². The van der Waals surface area contributed by atoms with Crippen molar-refractivity contribution in [3.63, 3.8) is 0 Å². The number of aromatic nitrogens is 2. The van der Waals surface area contributed by atoms with Gasteiger partial charge in [0.25, 0.3) is 0 Å². The van der Waals surface area contributed by atoms with E-state index in [0.717, 1.165) is 12.4 Å². The van der Waals surface area contributed by atoms with Gasteiger partial charge in [-0.3, -0.25) is 4.98 Å². The molecule has 1 atom stereocenters. The van der Waals surface area contributed by atoms with Crippen LogP contribution in [0.15, 0.2) is 12.4 Å². The summed E-state index contributed by atoms with van der Waals surface area (Å²) in [7, 11) is 0. The molecule has 1 aromatic rings. The molecule has 1 fully saturated rings. The van der Waals surface area contributed by atoms with E-state index in [1.165, 1.54) is 12.8 Å². The van der Waals surface area contributed by atoms with E-state index in [1.54, 1.807) is 12.4 Å². The third-order valence-corrected chi connectivity index (χ3v) is 2.92. The van der Waals surface area contributed by atoms with E-state index in [1.807, 2.05) is 0 Å². The van der Waals surface area contributed by atoms with Crippen molar-refractivity contribution in [3.05, 3.63) is 12.4 Å². The van der Waals surface area contributed by atoms with E-state index >= 15 is 0 Å². The van der Waals surface area contributed by atoms with Gasteiger partial charge in [0.2, 0.25) is 5.88 Å². The predicted molar refractivity (Wildman–Crippen MR) is 71.6 cm³/mol. The molecule has 5 heteroatoms. The second-order valence-corrected chi connectivity index (χ2v) is 5.33. The first-order valence-electron chi connectivity index (χ1n) is 6.59. The van der Waals surface area contributed by atoms with Gasteiger partial charge in [0, 0.05) is 12.6 Å². The molecule has 0 aliphatic heterocycles. The van der Waals surface area contributed by atoms with Gasteiger partial charge in [0.05, 0.1) is 19.0 Å². The third-order valence-electron chi connectivity index (χ3n) is 2.92. The zero-order valence-corrected chi connectivity index (χ0v) is 11.1. The number of rotatable bonds is 7. The normalized spacial score (nSPS) is 16.7. The first kappa shape index (κ1) is 13.1. The van der Waals surface area contributed by atoms with Crippen molar-refractivity contribution < 1.29 is 4.74 Å². The van der Waals surface area contributed by atoms with Crippen molar-refractivity contribution in [2.75, 3.05) is 18.5 Å². The monoisotopic (exact) mass is 250 g/mol. The standard InChI is InChI=1S/C13H22N4O/c1-9(2)8-18-13-7-15-6-12(17-13)16-5-11(14)10-3-4-10/h6-7,9-11H,3-5,8,14H2,1-2H3,(H,16,17). The summed E-state index contributed by atoms with van der Waals surface area (Å²) in [5, 5.41) is 3.22. The van der Waals surface area contributed by atoms with Crippen molar-refractivity contribution >= 4 is 5.82 Å². The van der Waals surface area contributed by atoms with Crippen LogP contribution in [0.1, 0.15) is 26.7 Å². The van der Waals surface area contributed by atoms with E-state index in [9.17, 15) is 0 Å². The number of hydrogen-bond acceptors (Lipinski definition) is 5. The Morgan fingerprint density at radius 1 is 1.44 bits per heavy atom. The van der Waals surface area contributed by atoms with Crippen LogP contribution in [0, 0.1) is 11.8 Å². The van der Waals surface area contributed by atoms with Gasteiger partial charge < -0.3 is 15.8 Å². The molecule has 1 unspecified atom stereocenters. The highest BCUT2D eigenvalue weighted by Crippen LogP contribution is 2.31. The summed E-state index contributed by atoms with van der Waals surface area (Å²) in [5.74, 6) is 2.46. The van der Waals surface area contributed by atoms with Crippen molar-refractivity contribution in [3.8, 4) is 5.88 Å². The van der Waals surface area contributed by atoms with Gasteiger partial charge in [-0.05, 0) is 24.7 Å². The zero-order valence-electron chi connectivity index (χ0n) is 11.1. The van der Waals surface area contributed by atoms with Gasteiger partial charge in [-0.15, -0.1) is 0 Å². The summed E-state index contributed by atoms with van der Waals surface area (Å²) in [6.45, 7) is 5.60. The lowest BCUT2D eigenvalue weighted by molar-refractivity contribution is 0.260. The molecular weight excluding hydrogens is 228 g/mol. The molecule has 100 valence electrons. The highest BCUT2D eigenvalue weighted by Gasteiger charge is 2.28. The lowest BCUT2D eigenvalue weighted by Crippen LogP contribution is -2.31. The van der Waals surface area contributed by atoms with Crippen LogP contribution >= 0.6 is 0 Å². The molecular formula is C13H22N4O. The molecule has 18 heavy (non-hydrogen) atoms. The second kappa shape index (κ2) is 6.00.